The SMILES string of the molecule is COC(=O)N[C@H](Sc1cccc2ncccc12)C(F)(F)C(F)(F)C(F)(F)C(F)F. The van der Waals surface area contributed by atoms with E-state index in [2.05, 4.69) is 9.72 Å². The smallest absolute Gasteiger partial charge is 0.407 e. The predicted octanol–water partition coefficient (Wildman–Crippen LogP) is 5.18. The first-order valence-corrected chi connectivity index (χ1v) is 8.50. The number of alkyl carbamates (subject to hydrolysis) is 1. The quantitative estimate of drug-likeness (QED) is 0.360. The molecule has 2 aromatic rings. The number of ether oxygens (including phenoxy) is 1. The van der Waals surface area contributed by atoms with Crippen molar-refractivity contribution in [3.63, 3.8) is 0 Å². The molecule has 0 aliphatic carbocycles. The Morgan fingerprint density at radius 3 is 2.31 bits per heavy atom. The molecule has 0 aliphatic heterocycles. The lowest BCUT2D eigenvalue weighted by Gasteiger charge is -2.36. The zero-order valence-electron chi connectivity index (χ0n) is 14.3. The number of aromatic nitrogens is 1. The topological polar surface area (TPSA) is 51.2 Å². The summed E-state index contributed by atoms with van der Waals surface area (Å²) in [4.78, 5) is 15.1. The predicted molar refractivity (Wildman–Crippen MR) is 87.8 cm³/mol. The van der Waals surface area contributed by atoms with Gasteiger partial charge in [0.25, 0.3) is 0 Å². The van der Waals surface area contributed by atoms with Crippen LogP contribution in [0.3, 0.4) is 0 Å². The summed E-state index contributed by atoms with van der Waals surface area (Å²) in [5, 5.41) is -1.60. The van der Waals surface area contributed by atoms with Crippen LogP contribution >= 0.6 is 11.8 Å². The Balaban J connectivity index is 2.53. The average Bonchev–Trinajstić information content (AvgIpc) is 2.67. The van der Waals surface area contributed by atoms with Crippen molar-refractivity contribution in [2.75, 3.05) is 7.11 Å². The normalized spacial score (nSPS) is 14.1. The van der Waals surface area contributed by atoms with Gasteiger partial charge in [0, 0.05) is 16.5 Å². The van der Waals surface area contributed by atoms with Crippen molar-refractivity contribution in [2.24, 2.45) is 0 Å². The summed E-state index contributed by atoms with van der Waals surface area (Å²) in [7, 11) is 0.711. The Kier molecular flexibility index (Phi) is 6.50. The summed E-state index contributed by atoms with van der Waals surface area (Å²) in [6.07, 6.45) is -5.38. The van der Waals surface area contributed by atoms with Crippen molar-refractivity contribution in [3.8, 4) is 0 Å². The van der Waals surface area contributed by atoms with Gasteiger partial charge in [-0.25, -0.2) is 13.6 Å². The van der Waals surface area contributed by atoms with Crippen molar-refractivity contribution in [3.05, 3.63) is 36.5 Å². The third-order valence-corrected chi connectivity index (χ3v) is 4.98. The highest BCUT2D eigenvalue weighted by molar-refractivity contribution is 8.00. The molecule has 0 radical (unpaired) electrons. The van der Waals surface area contributed by atoms with Gasteiger partial charge in [-0.05, 0) is 18.2 Å². The second-order valence-corrected chi connectivity index (χ2v) is 6.73. The molecule has 0 saturated heterocycles. The van der Waals surface area contributed by atoms with Crippen LogP contribution in [0.2, 0.25) is 0 Å². The van der Waals surface area contributed by atoms with Crippen LogP contribution in [0.1, 0.15) is 0 Å². The Bertz CT molecular complexity index is 876. The lowest BCUT2D eigenvalue weighted by Crippen LogP contribution is -2.64. The highest BCUT2D eigenvalue weighted by Crippen LogP contribution is 2.52. The van der Waals surface area contributed by atoms with Gasteiger partial charge in [0.15, 0.2) is 5.37 Å². The first-order valence-electron chi connectivity index (χ1n) is 7.62. The van der Waals surface area contributed by atoms with Crippen LogP contribution in [0.5, 0.6) is 0 Å². The number of alkyl halides is 8. The number of nitrogens with zero attached hydrogens (tertiary/aromatic N) is 1. The fourth-order valence-electron chi connectivity index (χ4n) is 2.19. The third kappa shape index (κ3) is 4.19. The van der Waals surface area contributed by atoms with Crippen molar-refractivity contribution in [1.29, 1.82) is 0 Å². The number of fused-ring (bicyclic) bond motifs is 1. The molecule has 13 heteroatoms. The van der Waals surface area contributed by atoms with Gasteiger partial charge in [-0.2, -0.15) is 26.3 Å². The van der Waals surface area contributed by atoms with E-state index in [1.165, 1.54) is 41.8 Å². The summed E-state index contributed by atoms with van der Waals surface area (Å²) in [5.74, 6) is -18.7. The molecule has 1 atom stereocenters. The Hall–Kier alpha value is -2.31. The van der Waals surface area contributed by atoms with E-state index in [9.17, 15) is 39.9 Å². The van der Waals surface area contributed by atoms with Crippen LogP contribution < -0.4 is 5.32 Å². The zero-order valence-corrected chi connectivity index (χ0v) is 15.1. The van der Waals surface area contributed by atoms with Gasteiger partial charge in [-0.3, -0.25) is 4.98 Å². The highest BCUT2D eigenvalue weighted by atomic mass is 32.2. The van der Waals surface area contributed by atoms with E-state index in [-0.39, 0.29) is 27.6 Å². The van der Waals surface area contributed by atoms with Crippen molar-refractivity contribution >= 4 is 28.8 Å². The number of hydrogen-bond acceptors (Lipinski definition) is 4. The molecule has 0 unspecified atom stereocenters. The van der Waals surface area contributed by atoms with E-state index in [1.54, 1.807) is 0 Å². The van der Waals surface area contributed by atoms with Gasteiger partial charge in [-0.1, -0.05) is 23.9 Å². The molecular formula is C16H12F8N2O2S. The molecule has 4 nitrogen and oxygen atoms in total. The van der Waals surface area contributed by atoms with Gasteiger partial charge in [-0.15, -0.1) is 0 Å². The van der Waals surface area contributed by atoms with Crippen LogP contribution in [0.25, 0.3) is 10.9 Å². The number of carbonyl (C=O) groups is 1. The average molecular weight is 448 g/mol. The van der Waals surface area contributed by atoms with Crippen LogP contribution in [0.4, 0.5) is 39.9 Å². The maximum absolute atomic E-state index is 14.4. The summed E-state index contributed by atoms with van der Waals surface area (Å²) >= 11 is -0.137. The number of pyridine rings is 1. The minimum absolute atomic E-state index is 0.137. The van der Waals surface area contributed by atoms with Gasteiger partial charge >= 0.3 is 30.3 Å². The number of hydrogen-bond donors (Lipinski definition) is 1. The molecule has 0 bridgehead atoms. The van der Waals surface area contributed by atoms with Gasteiger partial charge in [0.2, 0.25) is 0 Å². The summed E-state index contributed by atoms with van der Waals surface area (Å²) in [6.45, 7) is 0. The molecule has 0 spiro atoms. The van der Waals surface area contributed by atoms with Gasteiger partial charge in [0.1, 0.15) is 0 Å². The molecule has 2 rings (SSSR count). The van der Waals surface area contributed by atoms with Crippen molar-refractivity contribution in [1.82, 2.24) is 10.3 Å². The number of methoxy groups -OCH3 is 1. The van der Waals surface area contributed by atoms with E-state index in [0.717, 1.165) is 0 Å². The van der Waals surface area contributed by atoms with Gasteiger partial charge < -0.3 is 10.1 Å². The second kappa shape index (κ2) is 8.20. The van der Waals surface area contributed by atoms with Crippen LogP contribution in [0, 0.1) is 0 Å². The lowest BCUT2D eigenvalue weighted by atomic mass is 10.0. The largest absolute Gasteiger partial charge is 0.453 e. The van der Waals surface area contributed by atoms with Crippen molar-refractivity contribution < 1.29 is 44.7 Å². The van der Waals surface area contributed by atoms with E-state index in [0.29, 0.717) is 7.11 Å². The number of nitrogens with one attached hydrogen (secondary N) is 1. The molecule has 0 fully saturated rings. The highest BCUT2D eigenvalue weighted by Gasteiger charge is 2.77. The Labute approximate surface area is 162 Å². The first-order chi connectivity index (χ1) is 13.4. The summed E-state index contributed by atoms with van der Waals surface area (Å²) in [5.41, 5.74) is 0.252. The fourth-order valence-corrected chi connectivity index (χ4v) is 3.35. The summed E-state index contributed by atoms with van der Waals surface area (Å²) < 4.78 is 112. The fraction of sp³-hybridized carbons (Fsp3) is 0.375. The molecular weight excluding hydrogens is 436 g/mol. The Morgan fingerprint density at radius 1 is 1.07 bits per heavy atom. The minimum atomic E-state index is -6.50. The zero-order chi connectivity index (χ0) is 22.0. The molecule has 1 N–H and O–H groups in total. The van der Waals surface area contributed by atoms with Crippen molar-refractivity contribution in [2.45, 2.75) is 34.5 Å². The molecule has 1 aromatic heterocycles. The van der Waals surface area contributed by atoms with E-state index in [1.807, 2.05) is 0 Å². The maximum Gasteiger partial charge on any atom is 0.407 e. The molecule has 1 amide bonds. The second-order valence-electron chi connectivity index (χ2n) is 5.58. The number of benzene rings is 1. The molecule has 160 valence electrons. The van der Waals surface area contributed by atoms with Crippen LogP contribution in [-0.4, -0.2) is 47.8 Å². The van der Waals surface area contributed by atoms with E-state index >= 15 is 0 Å². The number of amides is 1. The molecule has 0 aliphatic rings. The lowest BCUT2D eigenvalue weighted by molar-refractivity contribution is -0.338. The minimum Gasteiger partial charge on any atom is -0.453 e. The monoisotopic (exact) mass is 448 g/mol. The number of thioether (sulfide) groups is 1. The van der Waals surface area contributed by atoms with Gasteiger partial charge in [0.05, 0.1) is 12.6 Å². The standard InChI is InChI=1S/C16H12F8N2O2S/c1-28-13(27)26-12(15(21,22)16(23,24)14(19,20)11(17)18)29-10-6-2-5-9-8(10)4-3-7-25-9/h2-7,11-12H,1H3,(H,26,27)/t12-/m1/s1. The third-order valence-electron chi connectivity index (χ3n) is 3.73. The number of carbonyl (C=O) groups excluding carboxylic acids is 1. The molecule has 29 heavy (non-hydrogen) atoms. The molecule has 0 saturated carbocycles. The van der Waals surface area contributed by atoms with Crippen LogP contribution in [-0.2, 0) is 4.74 Å². The van der Waals surface area contributed by atoms with Crippen LogP contribution in [0.15, 0.2) is 41.4 Å². The first kappa shape index (κ1) is 23.0. The summed E-state index contributed by atoms with van der Waals surface area (Å²) in [6, 6.07) is 6.73. The number of halogens is 8. The molecule has 1 aromatic carbocycles. The molecule has 1 heterocycles. The maximum atomic E-state index is 14.4. The number of rotatable bonds is 7. The van der Waals surface area contributed by atoms with E-state index in [4.69, 9.17) is 0 Å². The van der Waals surface area contributed by atoms with E-state index < -0.39 is 35.7 Å². The Morgan fingerprint density at radius 2 is 1.72 bits per heavy atom.